The number of methoxy groups -OCH3 is 1. The standard InChI is InChI=1S/C12H14N6OS/c1-17-7-13-9(16-17)5-6-18-11-8(14-12(18)20)3-4-10(15-11)19-2/h3-4,7H,5-6H2,1-2H3,(H,14,20). The van der Waals surface area contributed by atoms with E-state index in [0.717, 1.165) is 17.0 Å². The SMILES string of the molecule is COc1ccc2[nH]c(=S)n(CCc3ncn(C)n3)c2n1. The minimum atomic E-state index is 0.566. The molecule has 20 heavy (non-hydrogen) atoms. The molecule has 1 N–H and O–H groups in total. The minimum Gasteiger partial charge on any atom is -0.481 e. The lowest BCUT2D eigenvalue weighted by molar-refractivity contribution is 0.399. The number of hydrogen-bond donors (Lipinski definition) is 1. The number of nitrogens with one attached hydrogen (secondary N) is 1. The first-order valence-corrected chi connectivity index (χ1v) is 6.56. The first-order chi connectivity index (χ1) is 9.67. The maximum atomic E-state index is 5.33. The molecule has 0 aliphatic carbocycles. The number of fused-ring (bicyclic) bond motifs is 1. The van der Waals surface area contributed by atoms with Crippen molar-refractivity contribution in [1.82, 2.24) is 29.3 Å². The number of ether oxygens (including phenoxy) is 1. The van der Waals surface area contributed by atoms with Gasteiger partial charge in [-0.3, -0.25) is 4.68 Å². The summed E-state index contributed by atoms with van der Waals surface area (Å²) in [5, 5.41) is 4.26. The second kappa shape index (κ2) is 5.04. The third kappa shape index (κ3) is 2.29. The zero-order chi connectivity index (χ0) is 14.1. The fourth-order valence-corrected chi connectivity index (χ4v) is 2.33. The van der Waals surface area contributed by atoms with Gasteiger partial charge in [-0.1, -0.05) is 0 Å². The number of H-pyrrole nitrogens is 1. The number of aryl methyl sites for hydroxylation is 3. The van der Waals surface area contributed by atoms with Crippen molar-refractivity contribution >= 4 is 23.4 Å². The number of pyridine rings is 1. The van der Waals surface area contributed by atoms with Crippen LogP contribution in [0, 0.1) is 4.77 Å². The summed E-state index contributed by atoms with van der Waals surface area (Å²) in [6.07, 6.45) is 2.38. The van der Waals surface area contributed by atoms with E-state index in [1.54, 1.807) is 24.2 Å². The summed E-state index contributed by atoms with van der Waals surface area (Å²) >= 11 is 5.33. The van der Waals surface area contributed by atoms with Crippen LogP contribution in [0.4, 0.5) is 0 Å². The van der Waals surface area contributed by atoms with Crippen molar-refractivity contribution in [2.45, 2.75) is 13.0 Å². The Hall–Kier alpha value is -2.22. The molecule has 3 rings (SSSR count). The molecular weight excluding hydrogens is 276 g/mol. The van der Waals surface area contributed by atoms with Crippen molar-refractivity contribution in [2.24, 2.45) is 7.05 Å². The number of hydrogen-bond acceptors (Lipinski definition) is 5. The summed E-state index contributed by atoms with van der Waals surface area (Å²) < 4.78 is 9.41. The van der Waals surface area contributed by atoms with Gasteiger partial charge in [0.25, 0.3) is 0 Å². The zero-order valence-electron chi connectivity index (χ0n) is 11.2. The lowest BCUT2D eigenvalue weighted by atomic mass is 10.4. The van der Waals surface area contributed by atoms with Gasteiger partial charge in [0.05, 0.1) is 12.6 Å². The molecule has 0 aliphatic rings. The molecule has 3 aromatic heterocycles. The second-order valence-corrected chi connectivity index (χ2v) is 4.78. The number of aromatic nitrogens is 6. The lowest BCUT2D eigenvalue weighted by Crippen LogP contribution is -2.04. The molecule has 0 bridgehead atoms. The predicted molar refractivity (Wildman–Crippen MR) is 76.2 cm³/mol. The van der Waals surface area contributed by atoms with E-state index in [1.807, 2.05) is 17.7 Å². The van der Waals surface area contributed by atoms with Gasteiger partial charge in [0.15, 0.2) is 16.2 Å². The average molecular weight is 290 g/mol. The van der Waals surface area contributed by atoms with E-state index in [1.165, 1.54) is 0 Å². The van der Waals surface area contributed by atoms with Crippen LogP contribution in [-0.4, -0.2) is 36.4 Å². The minimum absolute atomic E-state index is 0.566. The Morgan fingerprint density at radius 1 is 1.40 bits per heavy atom. The third-order valence-corrected chi connectivity index (χ3v) is 3.33. The quantitative estimate of drug-likeness (QED) is 0.737. The topological polar surface area (TPSA) is 73.6 Å². The van der Waals surface area contributed by atoms with Gasteiger partial charge in [0.2, 0.25) is 5.88 Å². The van der Waals surface area contributed by atoms with Gasteiger partial charge < -0.3 is 14.3 Å². The van der Waals surface area contributed by atoms with E-state index in [2.05, 4.69) is 20.1 Å². The van der Waals surface area contributed by atoms with Crippen LogP contribution in [0.25, 0.3) is 11.2 Å². The van der Waals surface area contributed by atoms with Crippen LogP contribution < -0.4 is 4.74 Å². The van der Waals surface area contributed by atoms with Crippen LogP contribution >= 0.6 is 12.2 Å². The van der Waals surface area contributed by atoms with Gasteiger partial charge in [0.1, 0.15) is 6.33 Å². The fourth-order valence-electron chi connectivity index (χ4n) is 2.04. The molecule has 0 radical (unpaired) electrons. The summed E-state index contributed by atoms with van der Waals surface area (Å²) in [6, 6.07) is 3.71. The predicted octanol–water partition coefficient (Wildman–Crippen LogP) is 1.47. The van der Waals surface area contributed by atoms with E-state index in [0.29, 0.717) is 23.6 Å². The molecule has 0 amide bonds. The van der Waals surface area contributed by atoms with Crippen LogP contribution in [0.1, 0.15) is 5.82 Å². The van der Waals surface area contributed by atoms with Crippen molar-refractivity contribution in [2.75, 3.05) is 7.11 Å². The first-order valence-electron chi connectivity index (χ1n) is 6.15. The van der Waals surface area contributed by atoms with Crippen molar-refractivity contribution in [3.8, 4) is 5.88 Å². The Balaban J connectivity index is 1.93. The molecular formula is C12H14N6OS. The zero-order valence-corrected chi connectivity index (χ0v) is 12.0. The largest absolute Gasteiger partial charge is 0.481 e. The Morgan fingerprint density at radius 3 is 2.95 bits per heavy atom. The highest BCUT2D eigenvalue weighted by Crippen LogP contribution is 2.16. The van der Waals surface area contributed by atoms with Crippen molar-refractivity contribution in [1.29, 1.82) is 0 Å². The Morgan fingerprint density at radius 2 is 2.25 bits per heavy atom. The van der Waals surface area contributed by atoms with Crippen LogP contribution in [0.2, 0.25) is 0 Å². The number of nitrogens with zero attached hydrogens (tertiary/aromatic N) is 5. The van der Waals surface area contributed by atoms with E-state index in [-0.39, 0.29) is 0 Å². The summed E-state index contributed by atoms with van der Waals surface area (Å²) in [5.41, 5.74) is 1.68. The molecule has 0 unspecified atom stereocenters. The summed E-state index contributed by atoms with van der Waals surface area (Å²) in [4.78, 5) is 11.8. The highest BCUT2D eigenvalue weighted by Gasteiger charge is 2.08. The van der Waals surface area contributed by atoms with Gasteiger partial charge in [-0.05, 0) is 18.3 Å². The van der Waals surface area contributed by atoms with Gasteiger partial charge in [-0.15, -0.1) is 0 Å². The molecule has 8 heteroatoms. The van der Waals surface area contributed by atoms with Gasteiger partial charge in [-0.25, -0.2) is 4.98 Å². The number of rotatable bonds is 4. The summed E-state index contributed by atoms with van der Waals surface area (Å²) in [7, 11) is 3.44. The molecule has 3 aromatic rings. The Bertz CT molecular complexity index is 802. The van der Waals surface area contributed by atoms with Crippen LogP contribution in [0.15, 0.2) is 18.5 Å². The van der Waals surface area contributed by atoms with Gasteiger partial charge in [0, 0.05) is 26.1 Å². The Kier molecular flexibility index (Phi) is 3.23. The van der Waals surface area contributed by atoms with Gasteiger partial charge >= 0.3 is 0 Å². The summed E-state index contributed by atoms with van der Waals surface area (Å²) in [5.74, 6) is 1.35. The molecule has 0 atom stereocenters. The molecule has 7 nitrogen and oxygen atoms in total. The van der Waals surface area contributed by atoms with E-state index >= 15 is 0 Å². The fraction of sp³-hybridized carbons (Fsp3) is 0.333. The molecule has 104 valence electrons. The first kappa shape index (κ1) is 12.8. The smallest absolute Gasteiger partial charge is 0.215 e. The summed E-state index contributed by atoms with van der Waals surface area (Å²) in [6.45, 7) is 0.670. The number of aromatic amines is 1. The molecule has 0 aromatic carbocycles. The van der Waals surface area contributed by atoms with Crippen LogP contribution in [0.3, 0.4) is 0 Å². The van der Waals surface area contributed by atoms with Crippen molar-refractivity contribution in [3.63, 3.8) is 0 Å². The molecule has 0 aliphatic heterocycles. The van der Waals surface area contributed by atoms with Crippen molar-refractivity contribution < 1.29 is 4.74 Å². The second-order valence-electron chi connectivity index (χ2n) is 4.39. The molecule has 0 saturated heterocycles. The highest BCUT2D eigenvalue weighted by molar-refractivity contribution is 7.71. The molecule has 0 saturated carbocycles. The molecule has 0 spiro atoms. The highest BCUT2D eigenvalue weighted by atomic mass is 32.1. The van der Waals surface area contributed by atoms with Crippen LogP contribution in [0.5, 0.6) is 5.88 Å². The Labute approximate surface area is 120 Å². The monoisotopic (exact) mass is 290 g/mol. The third-order valence-electron chi connectivity index (χ3n) is 3.01. The molecule has 3 heterocycles. The normalized spacial score (nSPS) is 11.1. The lowest BCUT2D eigenvalue weighted by Gasteiger charge is -2.03. The number of imidazole rings is 1. The van der Waals surface area contributed by atoms with Crippen LogP contribution in [-0.2, 0) is 20.0 Å². The van der Waals surface area contributed by atoms with E-state index < -0.39 is 0 Å². The van der Waals surface area contributed by atoms with Crippen molar-refractivity contribution in [3.05, 3.63) is 29.1 Å². The maximum Gasteiger partial charge on any atom is 0.215 e. The van der Waals surface area contributed by atoms with E-state index in [4.69, 9.17) is 17.0 Å². The van der Waals surface area contributed by atoms with Gasteiger partial charge in [-0.2, -0.15) is 10.1 Å². The maximum absolute atomic E-state index is 5.33. The average Bonchev–Trinajstić information content (AvgIpc) is 2.98. The molecule has 0 fully saturated rings. The van der Waals surface area contributed by atoms with E-state index in [9.17, 15) is 0 Å².